The van der Waals surface area contributed by atoms with Crippen LogP contribution in [0, 0.1) is 6.92 Å². The van der Waals surface area contributed by atoms with Crippen molar-refractivity contribution in [2.75, 3.05) is 26.2 Å². The van der Waals surface area contributed by atoms with Crippen LogP contribution in [0.4, 0.5) is 0 Å². The first-order valence-electron chi connectivity index (χ1n) is 10.9. The minimum atomic E-state index is 0.0995. The third-order valence-corrected chi connectivity index (χ3v) is 6.48. The molecule has 0 saturated carbocycles. The van der Waals surface area contributed by atoms with Crippen molar-refractivity contribution in [3.05, 3.63) is 59.1 Å². The molecule has 0 spiro atoms. The van der Waals surface area contributed by atoms with Crippen molar-refractivity contribution in [2.24, 2.45) is 0 Å². The van der Waals surface area contributed by atoms with Crippen molar-refractivity contribution in [3.63, 3.8) is 0 Å². The van der Waals surface area contributed by atoms with E-state index in [4.69, 9.17) is 8.94 Å². The first kappa shape index (κ1) is 21.5. The van der Waals surface area contributed by atoms with Gasteiger partial charge in [0.25, 0.3) is 0 Å². The zero-order valence-electron chi connectivity index (χ0n) is 18.3. The molecular formula is C23H24N6O3S. The lowest BCUT2D eigenvalue weighted by molar-refractivity contribution is -0.133. The second kappa shape index (κ2) is 9.63. The van der Waals surface area contributed by atoms with Gasteiger partial charge in [-0.1, -0.05) is 28.9 Å². The third-order valence-electron chi connectivity index (χ3n) is 5.61. The van der Waals surface area contributed by atoms with Gasteiger partial charge in [0.1, 0.15) is 0 Å². The molecule has 0 bridgehead atoms. The number of hydrogen-bond acceptors (Lipinski definition) is 9. The van der Waals surface area contributed by atoms with Crippen LogP contribution in [0.5, 0.6) is 0 Å². The largest absolute Gasteiger partial charge is 0.421 e. The van der Waals surface area contributed by atoms with Gasteiger partial charge in [0.2, 0.25) is 29.4 Å². The van der Waals surface area contributed by atoms with Crippen molar-refractivity contribution < 1.29 is 13.7 Å². The van der Waals surface area contributed by atoms with Crippen molar-refractivity contribution in [1.29, 1.82) is 0 Å². The number of aromatic nitrogens is 4. The first-order chi connectivity index (χ1) is 16.1. The van der Waals surface area contributed by atoms with E-state index in [1.807, 2.05) is 53.6 Å². The zero-order chi connectivity index (χ0) is 22.6. The highest BCUT2D eigenvalue weighted by Crippen LogP contribution is 2.22. The van der Waals surface area contributed by atoms with Crippen LogP contribution in [-0.4, -0.2) is 62.2 Å². The summed E-state index contributed by atoms with van der Waals surface area (Å²) in [7, 11) is 0. The van der Waals surface area contributed by atoms with Crippen LogP contribution in [0.1, 0.15) is 23.8 Å². The molecule has 4 aromatic rings. The van der Waals surface area contributed by atoms with Crippen LogP contribution < -0.4 is 0 Å². The van der Waals surface area contributed by atoms with Crippen LogP contribution >= 0.6 is 11.3 Å². The third kappa shape index (κ3) is 5.18. The quantitative estimate of drug-likeness (QED) is 0.410. The highest BCUT2D eigenvalue weighted by Gasteiger charge is 2.23. The number of amides is 1. The summed E-state index contributed by atoms with van der Waals surface area (Å²) in [5, 5.41) is 14.2. The fourth-order valence-corrected chi connectivity index (χ4v) is 4.36. The molecule has 1 aliphatic rings. The van der Waals surface area contributed by atoms with Gasteiger partial charge in [-0.25, -0.2) is 0 Å². The predicted octanol–water partition coefficient (Wildman–Crippen LogP) is 3.43. The highest BCUT2D eigenvalue weighted by molar-refractivity contribution is 7.13. The van der Waals surface area contributed by atoms with Crippen LogP contribution in [0.3, 0.4) is 0 Å². The molecule has 0 atom stereocenters. The Hall–Kier alpha value is -3.37. The Labute approximate surface area is 195 Å². The molecule has 0 N–H and O–H groups in total. The van der Waals surface area contributed by atoms with Gasteiger partial charge >= 0.3 is 0 Å². The summed E-state index contributed by atoms with van der Waals surface area (Å²) >= 11 is 1.58. The monoisotopic (exact) mass is 464 g/mol. The number of benzene rings is 1. The first-order valence-corrected chi connectivity index (χ1v) is 11.8. The van der Waals surface area contributed by atoms with E-state index >= 15 is 0 Å². The molecule has 170 valence electrons. The van der Waals surface area contributed by atoms with Crippen molar-refractivity contribution in [3.8, 4) is 22.2 Å². The number of rotatable bonds is 7. The second-order valence-electron chi connectivity index (χ2n) is 8.01. The van der Waals surface area contributed by atoms with E-state index in [1.54, 1.807) is 11.3 Å². The number of piperazine rings is 1. The van der Waals surface area contributed by atoms with Crippen LogP contribution in [0.15, 0.2) is 50.7 Å². The van der Waals surface area contributed by atoms with E-state index in [0.717, 1.165) is 23.5 Å². The molecule has 1 fully saturated rings. The molecule has 3 aromatic heterocycles. The molecule has 4 heterocycles. The molecule has 1 amide bonds. The SMILES string of the molecule is Cc1ccc(-c2nnc(CCC(=O)N3CCN(Cc4nc(-c5cccs5)no4)CC3)o2)cc1. The fourth-order valence-electron chi connectivity index (χ4n) is 3.71. The molecule has 1 aromatic carbocycles. The van der Waals surface area contributed by atoms with E-state index < -0.39 is 0 Å². The molecule has 10 heteroatoms. The van der Waals surface area contributed by atoms with E-state index in [2.05, 4.69) is 25.2 Å². The van der Waals surface area contributed by atoms with E-state index in [-0.39, 0.29) is 5.91 Å². The Kier molecular flexibility index (Phi) is 6.27. The predicted molar refractivity (Wildman–Crippen MR) is 122 cm³/mol. The lowest BCUT2D eigenvalue weighted by atomic mass is 10.1. The fraction of sp³-hybridized carbons (Fsp3) is 0.348. The minimum absolute atomic E-state index is 0.0995. The Morgan fingerprint density at radius 1 is 1.06 bits per heavy atom. The van der Waals surface area contributed by atoms with Gasteiger partial charge in [-0.05, 0) is 30.5 Å². The van der Waals surface area contributed by atoms with Crippen LogP contribution in [0.2, 0.25) is 0 Å². The molecule has 0 unspecified atom stereocenters. The maximum atomic E-state index is 12.7. The molecule has 0 radical (unpaired) electrons. The van der Waals surface area contributed by atoms with Gasteiger partial charge in [0.05, 0.1) is 11.4 Å². The van der Waals surface area contributed by atoms with Crippen molar-refractivity contribution in [1.82, 2.24) is 30.1 Å². The average molecular weight is 465 g/mol. The average Bonchev–Trinajstić information content (AvgIpc) is 3.60. The Morgan fingerprint density at radius 2 is 1.88 bits per heavy atom. The van der Waals surface area contributed by atoms with Gasteiger partial charge in [-0.3, -0.25) is 9.69 Å². The lowest BCUT2D eigenvalue weighted by Crippen LogP contribution is -2.48. The van der Waals surface area contributed by atoms with Crippen LogP contribution in [0.25, 0.3) is 22.2 Å². The Bertz CT molecular complexity index is 1190. The van der Waals surface area contributed by atoms with Gasteiger partial charge in [-0.15, -0.1) is 21.5 Å². The number of aryl methyl sites for hydroxylation is 2. The number of nitrogens with zero attached hydrogens (tertiary/aromatic N) is 6. The van der Waals surface area contributed by atoms with Crippen molar-refractivity contribution >= 4 is 17.2 Å². The summed E-state index contributed by atoms with van der Waals surface area (Å²) in [6, 6.07) is 11.9. The van der Waals surface area contributed by atoms with Gasteiger partial charge in [0.15, 0.2) is 0 Å². The normalized spacial score (nSPS) is 14.6. The number of carbonyl (C=O) groups is 1. The second-order valence-corrected chi connectivity index (χ2v) is 8.96. The number of thiophene rings is 1. The molecule has 33 heavy (non-hydrogen) atoms. The maximum absolute atomic E-state index is 12.7. The molecule has 1 saturated heterocycles. The zero-order valence-corrected chi connectivity index (χ0v) is 19.1. The van der Waals surface area contributed by atoms with Gasteiger partial charge in [0, 0.05) is 44.6 Å². The Morgan fingerprint density at radius 3 is 2.64 bits per heavy atom. The molecular weight excluding hydrogens is 440 g/mol. The lowest BCUT2D eigenvalue weighted by Gasteiger charge is -2.33. The topological polar surface area (TPSA) is 101 Å². The van der Waals surface area contributed by atoms with Crippen LogP contribution in [-0.2, 0) is 17.8 Å². The summed E-state index contributed by atoms with van der Waals surface area (Å²) in [4.78, 5) is 22.2. The summed E-state index contributed by atoms with van der Waals surface area (Å²) in [6.45, 7) is 5.49. The van der Waals surface area contributed by atoms with Gasteiger partial charge in [-0.2, -0.15) is 4.98 Å². The van der Waals surface area contributed by atoms with E-state index in [1.165, 1.54) is 5.56 Å². The summed E-state index contributed by atoms with van der Waals surface area (Å²) in [5.41, 5.74) is 2.05. The van der Waals surface area contributed by atoms with Crippen molar-refractivity contribution in [2.45, 2.75) is 26.3 Å². The standard InChI is InChI=1S/C23H24N6O3S/c1-16-4-6-17(7-5-16)23-26-25-19(31-23)8-9-21(30)29-12-10-28(11-13-29)15-20-24-22(27-32-20)18-3-2-14-33-18/h2-7,14H,8-13,15H2,1H3. The smallest absolute Gasteiger partial charge is 0.247 e. The summed E-state index contributed by atoms with van der Waals surface area (Å²) in [5.74, 6) is 2.28. The van der Waals surface area contributed by atoms with E-state index in [0.29, 0.717) is 56.0 Å². The summed E-state index contributed by atoms with van der Waals surface area (Å²) < 4.78 is 11.1. The minimum Gasteiger partial charge on any atom is -0.421 e. The van der Waals surface area contributed by atoms with Gasteiger partial charge < -0.3 is 13.8 Å². The summed E-state index contributed by atoms with van der Waals surface area (Å²) in [6.07, 6.45) is 0.786. The molecule has 0 aliphatic carbocycles. The number of carbonyl (C=O) groups excluding carboxylic acids is 1. The molecule has 9 nitrogen and oxygen atoms in total. The Balaban J connectivity index is 1.08. The highest BCUT2D eigenvalue weighted by atomic mass is 32.1. The number of hydrogen-bond donors (Lipinski definition) is 0. The van der Waals surface area contributed by atoms with E-state index in [9.17, 15) is 4.79 Å². The molecule has 1 aliphatic heterocycles. The molecule has 5 rings (SSSR count). The maximum Gasteiger partial charge on any atom is 0.247 e.